The Morgan fingerprint density at radius 3 is 1.11 bits per heavy atom. The van der Waals surface area contributed by atoms with Crippen molar-refractivity contribution < 1.29 is 28.6 Å². The molecule has 1 atom stereocenters. The molecule has 0 bridgehead atoms. The van der Waals surface area contributed by atoms with E-state index in [1.54, 1.807) is 0 Å². The van der Waals surface area contributed by atoms with Crippen molar-refractivity contribution in [3.63, 3.8) is 0 Å². The van der Waals surface area contributed by atoms with Crippen LogP contribution >= 0.6 is 0 Å². The maximum absolute atomic E-state index is 12.6. The molecule has 0 N–H and O–H groups in total. The summed E-state index contributed by atoms with van der Waals surface area (Å²) in [4.78, 5) is 37.3. The van der Waals surface area contributed by atoms with Crippen LogP contribution in [0.5, 0.6) is 0 Å². The Kier molecular flexibility index (Phi) is 35.5. The van der Waals surface area contributed by atoms with Gasteiger partial charge in [-0.15, -0.1) is 0 Å². The first-order valence-corrected chi connectivity index (χ1v) is 20.2. The topological polar surface area (TPSA) is 78.9 Å². The molecule has 6 nitrogen and oxygen atoms in total. The average Bonchev–Trinajstić information content (AvgIpc) is 3.06. The molecule has 0 rings (SSSR count). The third-order valence-corrected chi connectivity index (χ3v) is 8.77. The number of hydrogen-bond acceptors (Lipinski definition) is 6. The van der Waals surface area contributed by atoms with E-state index in [0.717, 1.165) is 64.2 Å². The molecule has 0 radical (unpaired) electrons. The highest BCUT2D eigenvalue weighted by molar-refractivity contribution is 5.71. The molecule has 0 saturated heterocycles. The van der Waals surface area contributed by atoms with E-state index in [1.165, 1.54) is 109 Å². The standard InChI is InChI=1S/C41H76O6/c1-4-7-10-13-16-18-20-21-23-25-28-31-34-40(43)46-37-38(36-45-39(42)33-30-27-24-15-12-9-6-3)47-41(44)35-32-29-26-22-19-17-14-11-8-5-2/h16,18,38H,4-15,17,19-37H2,1-3H3/b18-16-. The lowest BCUT2D eigenvalue weighted by Crippen LogP contribution is -2.30. The summed E-state index contributed by atoms with van der Waals surface area (Å²) in [7, 11) is 0. The van der Waals surface area contributed by atoms with Gasteiger partial charge in [-0.25, -0.2) is 0 Å². The van der Waals surface area contributed by atoms with Crippen LogP contribution in [0.4, 0.5) is 0 Å². The summed E-state index contributed by atoms with van der Waals surface area (Å²) >= 11 is 0. The van der Waals surface area contributed by atoms with E-state index in [-0.39, 0.29) is 31.1 Å². The summed E-state index contributed by atoms with van der Waals surface area (Å²) in [5.41, 5.74) is 0. The lowest BCUT2D eigenvalue weighted by Gasteiger charge is -2.18. The van der Waals surface area contributed by atoms with Crippen LogP contribution in [0.2, 0.25) is 0 Å². The highest BCUT2D eigenvalue weighted by atomic mass is 16.6. The van der Waals surface area contributed by atoms with Crippen LogP contribution in [0.3, 0.4) is 0 Å². The summed E-state index contributed by atoms with van der Waals surface area (Å²) < 4.78 is 16.6. The molecule has 0 aromatic rings. The lowest BCUT2D eigenvalue weighted by atomic mass is 10.1. The summed E-state index contributed by atoms with van der Waals surface area (Å²) in [6.45, 7) is 6.54. The van der Waals surface area contributed by atoms with E-state index in [4.69, 9.17) is 14.2 Å². The number of esters is 3. The minimum absolute atomic E-state index is 0.0700. The van der Waals surface area contributed by atoms with Crippen LogP contribution < -0.4 is 0 Å². The second-order valence-electron chi connectivity index (χ2n) is 13.6. The number of hydrogen-bond donors (Lipinski definition) is 0. The van der Waals surface area contributed by atoms with E-state index in [1.807, 2.05) is 0 Å². The highest BCUT2D eigenvalue weighted by Crippen LogP contribution is 2.14. The second kappa shape index (κ2) is 37.0. The van der Waals surface area contributed by atoms with Crippen molar-refractivity contribution >= 4 is 17.9 Å². The Morgan fingerprint density at radius 2 is 0.702 bits per heavy atom. The third kappa shape index (κ3) is 35.3. The van der Waals surface area contributed by atoms with Gasteiger partial charge in [-0.1, -0.05) is 161 Å². The van der Waals surface area contributed by atoms with Crippen molar-refractivity contribution in [1.82, 2.24) is 0 Å². The van der Waals surface area contributed by atoms with Gasteiger partial charge >= 0.3 is 17.9 Å². The predicted octanol–water partition coefficient (Wildman–Crippen LogP) is 12.3. The second-order valence-corrected chi connectivity index (χ2v) is 13.6. The molecule has 0 fully saturated rings. The smallest absolute Gasteiger partial charge is 0.306 e. The van der Waals surface area contributed by atoms with E-state index < -0.39 is 6.10 Å². The fourth-order valence-corrected chi connectivity index (χ4v) is 5.67. The van der Waals surface area contributed by atoms with Gasteiger partial charge in [0.15, 0.2) is 6.10 Å². The van der Waals surface area contributed by atoms with Crippen LogP contribution in [0.1, 0.15) is 213 Å². The van der Waals surface area contributed by atoms with Gasteiger partial charge in [0.05, 0.1) is 0 Å². The molecule has 0 spiro atoms. The number of carbonyl (C=O) groups excluding carboxylic acids is 3. The fourth-order valence-electron chi connectivity index (χ4n) is 5.67. The van der Waals surface area contributed by atoms with Crippen molar-refractivity contribution in [1.29, 1.82) is 0 Å². The molecule has 0 aromatic carbocycles. The van der Waals surface area contributed by atoms with Crippen molar-refractivity contribution in [2.45, 2.75) is 219 Å². The van der Waals surface area contributed by atoms with Gasteiger partial charge in [0.25, 0.3) is 0 Å². The molecule has 0 aliphatic rings. The number of allylic oxidation sites excluding steroid dienone is 2. The molecule has 276 valence electrons. The average molecular weight is 665 g/mol. The van der Waals surface area contributed by atoms with Crippen LogP contribution in [-0.2, 0) is 28.6 Å². The molecular formula is C41H76O6. The maximum Gasteiger partial charge on any atom is 0.306 e. The van der Waals surface area contributed by atoms with Crippen molar-refractivity contribution in [2.75, 3.05) is 13.2 Å². The summed E-state index contributed by atoms with van der Waals surface area (Å²) in [6.07, 6.45) is 36.3. The predicted molar refractivity (Wildman–Crippen MR) is 196 cm³/mol. The molecule has 0 aromatic heterocycles. The van der Waals surface area contributed by atoms with Crippen molar-refractivity contribution in [3.05, 3.63) is 12.2 Å². The van der Waals surface area contributed by atoms with Crippen LogP contribution in [0.15, 0.2) is 12.2 Å². The Labute approximate surface area is 290 Å². The molecule has 47 heavy (non-hydrogen) atoms. The van der Waals surface area contributed by atoms with Gasteiger partial charge in [-0.05, 0) is 44.9 Å². The zero-order valence-electron chi connectivity index (χ0n) is 31.3. The summed E-state index contributed by atoms with van der Waals surface area (Å²) in [6, 6.07) is 0. The number of unbranched alkanes of at least 4 members (excludes halogenated alkanes) is 23. The molecule has 0 amide bonds. The van der Waals surface area contributed by atoms with Gasteiger partial charge in [0.2, 0.25) is 0 Å². The fraction of sp³-hybridized carbons (Fsp3) is 0.878. The first kappa shape index (κ1) is 45.2. The van der Waals surface area contributed by atoms with E-state index in [0.29, 0.717) is 19.3 Å². The van der Waals surface area contributed by atoms with Crippen molar-refractivity contribution in [2.24, 2.45) is 0 Å². The molecule has 0 heterocycles. The van der Waals surface area contributed by atoms with Crippen molar-refractivity contribution in [3.8, 4) is 0 Å². The SMILES string of the molecule is CCCCC/C=C\CCCCCCCC(=O)OCC(COC(=O)CCCCCCCCC)OC(=O)CCCCCCCCCCCC. The molecule has 1 unspecified atom stereocenters. The maximum atomic E-state index is 12.6. The van der Waals surface area contributed by atoms with E-state index >= 15 is 0 Å². The zero-order valence-corrected chi connectivity index (χ0v) is 31.3. The van der Waals surface area contributed by atoms with E-state index in [9.17, 15) is 14.4 Å². The Hall–Kier alpha value is -1.85. The summed E-state index contributed by atoms with van der Waals surface area (Å²) in [5.74, 6) is -0.887. The Bertz CT molecular complexity index is 733. The quantitative estimate of drug-likeness (QED) is 0.0287. The molecule has 0 aliphatic carbocycles. The normalized spacial score (nSPS) is 12.0. The van der Waals surface area contributed by atoms with Crippen LogP contribution in [-0.4, -0.2) is 37.2 Å². The van der Waals surface area contributed by atoms with Gasteiger partial charge in [-0.3, -0.25) is 14.4 Å². The van der Waals surface area contributed by atoms with Gasteiger partial charge in [-0.2, -0.15) is 0 Å². The monoisotopic (exact) mass is 665 g/mol. The molecular weight excluding hydrogens is 588 g/mol. The van der Waals surface area contributed by atoms with Gasteiger partial charge < -0.3 is 14.2 Å². The zero-order chi connectivity index (χ0) is 34.5. The molecule has 0 saturated carbocycles. The highest BCUT2D eigenvalue weighted by Gasteiger charge is 2.19. The Balaban J connectivity index is 4.33. The number of rotatable bonds is 36. The van der Waals surface area contributed by atoms with Crippen LogP contribution in [0, 0.1) is 0 Å². The lowest BCUT2D eigenvalue weighted by molar-refractivity contribution is -0.167. The van der Waals surface area contributed by atoms with E-state index in [2.05, 4.69) is 32.9 Å². The third-order valence-electron chi connectivity index (χ3n) is 8.77. The number of ether oxygens (including phenoxy) is 3. The Morgan fingerprint density at radius 1 is 0.404 bits per heavy atom. The number of carbonyl (C=O) groups is 3. The minimum atomic E-state index is -0.761. The molecule has 6 heteroatoms. The minimum Gasteiger partial charge on any atom is -0.462 e. The van der Waals surface area contributed by atoms with Gasteiger partial charge in [0, 0.05) is 19.3 Å². The summed E-state index contributed by atoms with van der Waals surface area (Å²) in [5, 5.41) is 0. The largest absolute Gasteiger partial charge is 0.462 e. The molecule has 0 aliphatic heterocycles. The first-order chi connectivity index (χ1) is 23.0. The van der Waals surface area contributed by atoms with Gasteiger partial charge in [0.1, 0.15) is 13.2 Å². The van der Waals surface area contributed by atoms with Crippen LogP contribution in [0.25, 0.3) is 0 Å². The first-order valence-electron chi connectivity index (χ1n) is 20.2.